The Labute approximate surface area is 104 Å². The van der Waals surface area contributed by atoms with Gasteiger partial charge in [-0.25, -0.2) is 0 Å². The Hall–Kier alpha value is -1.49. The van der Waals surface area contributed by atoms with Crippen LogP contribution >= 0.6 is 0 Å². The van der Waals surface area contributed by atoms with Crippen LogP contribution in [0.3, 0.4) is 0 Å². The number of hydrogen-bond donors (Lipinski definition) is 0. The first-order valence-electron chi connectivity index (χ1n) is 6.34. The number of hydrogen-bond acceptors (Lipinski definition) is 2. The predicted octanol–water partition coefficient (Wildman–Crippen LogP) is 4.25. The van der Waals surface area contributed by atoms with Crippen LogP contribution in [0.2, 0.25) is 0 Å². The second-order valence-corrected chi connectivity index (χ2v) is 4.35. The molecule has 0 radical (unpaired) electrons. The number of benzene rings is 1. The maximum atomic E-state index is 8.96. The van der Waals surface area contributed by atoms with Gasteiger partial charge in [0.15, 0.2) is 0 Å². The van der Waals surface area contributed by atoms with Crippen molar-refractivity contribution in [3.8, 4) is 11.8 Å². The van der Waals surface area contributed by atoms with Crippen LogP contribution < -0.4 is 4.74 Å². The van der Waals surface area contributed by atoms with E-state index in [2.05, 4.69) is 26.0 Å². The largest absolute Gasteiger partial charge is 0.495 e. The number of methoxy groups -OCH3 is 1. The molecule has 1 aromatic rings. The van der Waals surface area contributed by atoms with E-state index < -0.39 is 0 Å². The first-order chi connectivity index (χ1) is 8.26. The van der Waals surface area contributed by atoms with Crippen LogP contribution in [-0.4, -0.2) is 7.11 Å². The van der Waals surface area contributed by atoms with Crippen LogP contribution in [0.4, 0.5) is 0 Å². The van der Waals surface area contributed by atoms with E-state index in [-0.39, 0.29) is 0 Å². The fourth-order valence-corrected chi connectivity index (χ4v) is 2.23. The maximum Gasteiger partial charge on any atom is 0.136 e. The number of nitriles is 1. The van der Waals surface area contributed by atoms with Gasteiger partial charge in [-0.1, -0.05) is 32.8 Å². The second-order valence-electron chi connectivity index (χ2n) is 4.35. The number of rotatable bonds is 6. The molecule has 0 atom stereocenters. The molecule has 17 heavy (non-hydrogen) atoms. The smallest absolute Gasteiger partial charge is 0.136 e. The summed E-state index contributed by atoms with van der Waals surface area (Å²) in [5.74, 6) is 1.29. The quantitative estimate of drug-likeness (QED) is 0.733. The van der Waals surface area contributed by atoms with Gasteiger partial charge in [-0.2, -0.15) is 5.26 Å². The number of ether oxygens (including phenoxy) is 1. The summed E-state index contributed by atoms with van der Waals surface area (Å²) in [7, 11) is 1.62. The second kappa shape index (κ2) is 6.96. The van der Waals surface area contributed by atoms with Crippen LogP contribution in [0.5, 0.6) is 5.75 Å². The average Bonchev–Trinajstić information content (AvgIpc) is 2.37. The highest BCUT2D eigenvalue weighted by Crippen LogP contribution is 2.30. The SMILES string of the molecule is CCCC(CCC)c1ccc(C#N)c(OC)c1. The third-order valence-electron chi connectivity index (χ3n) is 3.09. The minimum Gasteiger partial charge on any atom is -0.495 e. The Bertz CT molecular complexity index is 386. The van der Waals surface area contributed by atoms with Gasteiger partial charge in [-0.05, 0) is 36.5 Å². The van der Waals surface area contributed by atoms with Crippen molar-refractivity contribution in [3.63, 3.8) is 0 Å². The van der Waals surface area contributed by atoms with Crippen LogP contribution in [0.25, 0.3) is 0 Å². The van der Waals surface area contributed by atoms with Gasteiger partial charge in [0.05, 0.1) is 12.7 Å². The summed E-state index contributed by atoms with van der Waals surface area (Å²) >= 11 is 0. The monoisotopic (exact) mass is 231 g/mol. The summed E-state index contributed by atoms with van der Waals surface area (Å²) in [6, 6.07) is 8.11. The molecule has 0 aromatic heterocycles. The van der Waals surface area contributed by atoms with Gasteiger partial charge in [0.2, 0.25) is 0 Å². The van der Waals surface area contributed by atoms with E-state index in [1.807, 2.05) is 12.1 Å². The van der Waals surface area contributed by atoms with E-state index in [1.54, 1.807) is 7.11 Å². The Morgan fingerprint density at radius 3 is 2.35 bits per heavy atom. The van der Waals surface area contributed by atoms with Gasteiger partial charge in [-0.15, -0.1) is 0 Å². The Balaban J connectivity index is 3.00. The molecule has 0 heterocycles. The molecule has 0 fully saturated rings. The maximum absolute atomic E-state index is 8.96. The summed E-state index contributed by atoms with van der Waals surface area (Å²) in [6.45, 7) is 4.42. The third kappa shape index (κ3) is 3.49. The highest BCUT2D eigenvalue weighted by Gasteiger charge is 2.12. The molecule has 0 aliphatic rings. The molecule has 1 rings (SSSR count). The molecule has 0 saturated carbocycles. The van der Waals surface area contributed by atoms with Crippen LogP contribution in [0, 0.1) is 11.3 Å². The molecule has 92 valence electrons. The van der Waals surface area contributed by atoms with E-state index in [1.165, 1.54) is 31.2 Å². The van der Waals surface area contributed by atoms with Gasteiger partial charge >= 0.3 is 0 Å². The standard InChI is InChI=1S/C15H21NO/c1-4-6-12(7-5-2)13-8-9-14(11-16)15(10-13)17-3/h8-10,12H,4-7H2,1-3H3. The summed E-state index contributed by atoms with van der Waals surface area (Å²) < 4.78 is 5.26. The zero-order chi connectivity index (χ0) is 12.7. The molecule has 0 spiro atoms. The molecule has 2 nitrogen and oxygen atoms in total. The first-order valence-corrected chi connectivity index (χ1v) is 6.34. The van der Waals surface area contributed by atoms with Crippen molar-refractivity contribution in [1.29, 1.82) is 5.26 Å². The van der Waals surface area contributed by atoms with E-state index in [0.29, 0.717) is 17.2 Å². The van der Waals surface area contributed by atoms with Gasteiger partial charge in [0.25, 0.3) is 0 Å². The normalized spacial score (nSPS) is 10.3. The highest BCUT2D eigenvalue weighted by molar-refractivity contribution is 5.46. The molecule has 0 N–H and O–H groups in total. The fourth-order valence-electron chi connectivity index (χ4n) is 2.23. The zero-order valence-electron chi connectivity index (χ0n) is 11.0. The summed E-state index contributed by atoms with van der Waals surface area (Å²) in [5, 5.41) is 8.96. The van der Waals surface area contributed by atoms with Crippen molar-refractivity contribution in [2.45, 2.75) is 45.4 Å². The highest BCUT2D eigenvalue weighted by atomic mass is 16.5. The molecule has 0 amide bonds. The lowest BCUT2D eigenvalue weighted by Gasteiger charge is -2.17. The van der Waals surface area contributed by atoms with Gasteiger partial charge < -0.3 is 4.74 Å². The molecule has 0 aliphatic heterocycles. The van der Waals surface area contributed by atoms with Gasteiger partial charge in [0, 0.05) is 0 Å². The van der Waals surface area contributed by atoms with Crippen molar-refractivity contribution >= 4 is 0 Å². The van der Waals surface area contributed by atoms with E-state index in [4.69, 9.17) is 10.00 Å². The lowest BCUT2D eigenvalue weighted by molar-refractivity contribution is 0.412. The molecular formula is C15H21NO. The molecule has 0 aliphatic carbocycles. The van der Waals surface area contributed by atoms with Crippen molar-refractivity contribution in [2.24, 2.45) is 0 Å². The molecule has 1 aromatic carbocycles. The molecule has 0 saturated heterocycles. The fraction of sp³-hybridized carbons (Fsp3) is 0.533. The molecule has 2 heteroatoms. The zero-order valence-corrected chi connectivity index (χ0v) is 11.0. The van der Waals surface area contributed by atoms with Crippen molar-refractivity contribution in [1.82, 2.24) is 0 Å². The predicted molar refractivity (Wildman–Crippen MR) is 70.3 cm³/mol. The average molecular weight is 231 g/mol. The van der Waals surface area contributed by atoms with Crippen LogP contribution in [0.1, 0.15) is 56.6 Å². The van der Waals surface area contributed by atoms with E-state index in [0.717, 1.165) is 0 Å². The third-order valence-corrected chi connectivity index (χ3v) is 3.09. The van der Waals surface area contributed by atoms with Crippen molar-refractivity contribution in [2.75, 3.05) is 7.11 Å². The van der Waals surface area contributed by atoms with Crippen LogP contribution in [-0.2, 0) is 0 Å². The van der Waals surface area contributed by atoms with Gasteiger partial charge in [0.1, 0.15) is 11.8 Å². The Morgan fingerprint density at radius 1 is 1.24 bits per heavy atom. The lowest BCUT2D eigenvalue weighted by atomic mass is 9.90. The van der Waals surface area contributed by atoms with Crippen molar-refractivity contribution in [3.05, 3.63) is 29.3 Å². The minimum absolute atomic E-state index is 0.589. The minimum atomic E-state index is 0.589. The van der Waals surface area contributed by atoms with Crippen LogP contribution in [0.15, 0.2) is 18.2 Å². The molecule has 0 bridgehead atoms. The molecular weight excluding hydrogens is 210 g/mol. The first kappa shape index (κ1) is 13.6. The summed E-state index contributed by atoms with van der Waals surface area (Å²) in [4.78, 5) is 0. The topological polar surface area (TPSA) is 33.0 Å². The summed E-state index contributed by atoms with van der Waals surface area (Å²) in [5.41, 5.74) is 1.91. The van der Waals surface area contributed by atoms with E-state index in [9.17, 15) is 0 Å². The van der Waals surface area contributed by atoms with Crippen molar-refractivity contribution < 1.29 is 4.74 Å². The Morgan fingerprint density at radius 2 is 1.88 bits per heavy atom. The van der Waals surface area contributed by atoms with Gasteiger partial charge in [-0.3, -0.25) is 0 Å². The molecule has 0 unspecified atom stereocenters. The summed E-state index contributed by atoms with van der Waals surface area (Å²) in [6.07, 6.45) is 4.77. The van der Waals surface area contributed by atoms with E-state index >= 15 is 0 Å². The Kier molecular flexibility index (Phi) is 5.56. The number of nitrogens with zero attached hydrogens (tertiary/aromatic N) is 1. The lowest BCUT2D eigenvalue weighted by Crippen LogP contribution is -2.00.